The van der Waals surface area contributed by atoms with Gasteiger partial charge in [0.15, 0.2) is 11.6 Å². The number of aromatic amines is 1. The van der Waals surface area contributed by atoms with Crippen molar-refractivity contribution in [3.05, 3.63) is 42.2 Å². The van der Waals surface area contributed by atoms with Crippen molar-refractivity contribution in [2.24, 2.45) is 0 Å². The van der Waals surface area contributed by atoms with Gasteiger partial charge in [-0.1, -0.05) is 0 Å². The van der Waals surface area contributed by atoms with E-state index in [1.807, 2.05) is 24.3 Å². The van der Waals surface area contributed by atoms with E-state index < -0.39 is 0 Å². The summed E-state index contributed by atoms with van der Waals surface area (Å²) < 4.78 is 7.27. The lowest BCUT2D eigenvalue weighted by atomic mass is 10.3. The van der Waals surface area contributed by atoms with E-state index in [4.69, 9.17) is 4.74 Å². The molecule has 1 fully saturated rings. The topological polar surface area (TPSA) is 94.4 Å². The van der Waals surface area contributed by atoms with E-state index in [2.05, 4.69) is 30.7 Å². The van der Waals surface area contributed by atoms with E-state index in [0.29, 0.717) is 12.5 Å². The van der Waals surface area contributed by atoms with Crippen molar-refractivity contribution in [2.45, 2.75) is 25.4 Å². The van der Waals surface area contributed by atoms with E-state index in [1.54, 1.807) is 11.0 Å². The van der Waals surface area contributed by atoms with Crippen LogP contribution in [0.5, 0.6) is 5.75 Å². The molecule has 8 heteroatoms. The zero-order valence-electron chi connectivity index (χ0n) is 11.2. The Hall–Kier alpha value is -2.77. The predicted octanol–water partition coefficient (Wildman–Crippen LogP) is 1.24. The van der Waals surface area contributed by atoms with E-state index in [-0.39, 0.29) is 0 Å². The standard InChI is InChI=1S/C13H13N7O/c1-2-9(1)13-15-12(16-17-13)7-21-11-5-3-10(4-6-11)20-8-14-18-19-20/h3-6,8-9H,1-2,7H2,(H,15,16,17). The molecule has 106 valence electrons. The molecule has 0 unspecified atom stereocenters. The maximum absolute atomic E-state index is 5.68. The van der Waals surface area contributed by atoms with Gasteiger partial charge in [-0.3, -0.25) is 5.10 Å². The number of rotatable bonds is 5. The average molecular weight is 283 g/mol. The number of nitrogens with one attached hydrogen (secondary N) is 1. The average Bonchev–Trinajstić information content (AvgIpc) is 3.04. The molecule has 0 amide bonds. The lowest BCUT2D eigenvalue weighted by Gasteiger charge is -2.05. The third-order valence-corrected chi connectivity index (χ3v) is 3.32. The fourth-order valence-corrected chi connectivity index (χ4v) is 2.03. The Labute approximate surface area is 120 Å². The van der Waals surface area contributed by atoms with E-state index in [9.17, 15) is 0 Å². The highest BCUT2D eigenvalue weighted by Gasteiger charge is 2.27. The molecule has 21 heavy (non-hydrogen) atoms. The summed E-state index contributed by atoms with van der Waals surface area (Å²) in [5, 5.41) is 18.1. The number of aromatic nitrogens is 7. The van der Waals surface area contributed by atoms with Gasteiger partial charge in [0.05, 0.1) is 5.69 Å². The van der Waals surface area contributed by atoms with Crippen LogP contribution in [0, 0.1) is 0 Å². The molecule has 0 spiro atoms. The number of H-pyrrole nitrogens is 1. The maximum Gasteiger partial charge on any atom is 0.162 e. The highest BCUT2D eigenvalue weighted by Crippen LogP contribution is 2.37. The molecule has 8 nitrogen and oxygen atoms in total. The van der Waals surface area contributed by atoms with Crippen LogP contribution in [-0.2, 0) is 6.61 Å². The minimum absolute atomic E-state index is 0.379. The summed E-state index contributed by atoms with van der Waals surface area (Å²) >= 11 is 0. The normalized spacial score (nSPS) is 14.3. The van der Waals surface area contributed by atoms with Gasteiger partial charge in [0, 0.05) is 5.92 Å². The van der Waals surface area contributed by atoms with Crippen LogP contribution in [0.4, 0.5) is 0 Å². The predicted molar refractivity (Wildman–Crippen MR) is 71.8 cm³/mol. The fraction of sp³-hybridized carbons (Fsp3) is 0.308. The van der Waals surface area contributed by atoms with Crippen LogP contribution >= 0.6 is 0 Å². The van der Waals surface area contributed by atoms with Gasteiger partial charge in [-0.25, -0.2) is 9.67 Å². The molecule has 1 aromatic carbocycles. The molecule has 2 aromatic heterocycles. The lowest BCUT2D eigenvalue weighted by molar-refractivity contribution is 0.296. The van der Waals surface area contributed by atoms with Gasteiger partial charge in [-0.15, -0.1) is 5.10 Å². The number of hydrogen-bond acceptors (Lipinski definition) is 6. The fourth-order valence-electron chi connectivity index (χ4n) is 2.03. The smallest absolute Gasteiger partial charge is 0.162 e. The zero-order chi connectivity index (χ0) is 14.1. The zero-order valence-corrected chi connectivity index (χ0v) is 11.2. The largest absolute Gasteiger partial charge is 0.486 e. The summed E-state index contributed by atoms with van der Waals surface area (Å²) in [6.45, 7) is 0.379. The molecule has 1 N–H and O–H groups in total. The molecular weight excluding hydrogens is 270 g/mol. The van der Waals surface area contributed by atoms with Gasteiger partial charge in [-0.05, 0) is 47.5 Å². The van der Waals surface area contributed by atoms with Crippen molar-refractivity contribution in [3.8, 4) is 11.4 Å². The Bertz CT molecular complexity index is 715. The first kappa shape index (κ1) is 12.0. The highest BCUT2D eigenvalue weighted by molar-refractivity contribution is 5.36. The Morgan fingerprint density at radius 1 is 1.24 bits per heavy atom. The van der Waals surface area contributed by atoms with Crippen molar-refractivity contribution < 1.29 is 4.74 Å². The summed E-state index contributed by atoms with van der Waals surface area (Å²) in [5.74, 6) is 2.96. The van der Waals surface area contributed by atoms with Crippen LogP contribution in [0.3, 0.4) is 0 Å². The Morgan fingerprint density at radius 2 is 2.10 bits per heavy atom. The number of benzene rings is 1. The molecule has 0 bridgehead atoms. The van der Waals surface area contributed by atoms with E-state index in [0.717, 1.165) is 23.1 Å². The summed E-state index contributed by atoms with van der Waals surface area (Å²) in [6, 6.07) is 7.52. The second kappa shape index (κ2) is 4.97. The molecule has 0 radical (unpaired) electrons. The first-order chi connectivity index (χ1) is 10.4. The number of tetrazole rings is 1. The SMILES string of the molecule is c1cc(-n2cnnn2)ccc1OCc1nc(C2CC2)n[nH]1. The minimum Gasteiger partial charge on any atom is -0.486 e. The molecule has 4 rings (SSSR count). The third-order valence-electron chi connectivity index (χ3n) is 3.32. The van der Waals surface area contributed by atoms with Crippen molar-refractivity contribution in [3.63, 3.8) is 0 Å². The van der Waals surface area contributed by atoms with Crippen LogP contribution in [-0.4, -0.2) is 35.4 Å². The molecule has 1 aliphatic rings. The highest BCUT2D eigenvalue weighted by atomic mass is 16.5. The van der Waals surface area contributed by atoms with Crippen LogP contribution in [0.2, 0.25) is 0 Å². The van der Waals surface area contributed by atoms with Crippen molar-refractivity contribution >= 4 is 0 Å². The Balaban J connectivity index is 1.40. The molecular formula is C13H13N7O. The van der Waals surface area contributed by atoms with Crippen LogP contribution in [0.25, 0.3) is 5.69 Å². The monoisotopic (exact) mass is 283 g/mol. The number of hydrogen-bond donors (Lipinski definition) is 1. The Kier molecular flexibility index (Phi) is 2.84. The molecule has 3 aromatic rings. The lowest BCUT2D eigenvalue weighted by Crippen LogP contribution is -1.99. The van der Waals surface area contributed by atoms with E-state index in [1.165, 1.54) is 12.8 Å². The number of ether oxygens (including phenoxy) is 1. The second-order valence-corrected chi connectivity index (χ2v) is 4.95. The van der Waals surface area contributed by atoms with Gasteiger partial charge < -0.3 is 4.74 Å². The van der Waals surface area contributed by atoms with Crippen LogP contribution in [0.15, 0.2) is 30.6 Å². The first-order valence-corrected chi connectivity index (χ1v) is 6.76. The molecule has 1 saturated carbocycles. The molecule has 2 heterocycles. The summed E-state index contributed by atoms with van der Waals surface area (Å²) in [7, 11) is 0. The van der Waals surface area contributed by atoms with Gasteiger partial charge in [-0.2, -0.15) is 5.10 Å². The maximum atomic E-state index is 5.68. The summed E-state index contributed by atoms with van der Waals surface area (Å²) in [4.78, 5) is 4.42. The molecule has 0 saturated heterocycles. The molecule has 1 aliphatic carbocycles. The first-order valence-electron chi connectivity index (χ1n) is 6.76. The van der Waals surface area contributed by atoms with E-state index >= 15 is 0 Å². The second-order valence-electron chi connectivity index (χ2n) is 4.95. The summed E-state index contributed by atoms with van der Waals surface area (Å²) in [6.07, 6.45) is 3.93. The quantitative estimate of drug-likeness (QED) is 0.757. The van der Waals surface area contributed by atoms with Crippen molar-refractivity contribution in [2.75, 3.05) is 0 Å². The molecule has 0 aliphatic heterocycles. The minimum atomic E-state index is 0.379. The van der Waals surface area contributed by atoms with Crippen molar-refractivity contribution in [1.82, 2.24) is 35.4 Å². The third kappa shape index (κ3) is 2.60. The van der Waals surface area contributed by atoms with Crippen molar-refractivity contribution in [1.29, 1.82) is 0 Å². The van der Waals surface area contributed by atoms with Gasteiger partial charge in [0.25, 0.3) is 0 Å². The number of nitrogens with zero attached hydrogens (tertiary/aromatic N) is 6. The molecule has 0 atom stereocenters. The van der Waals surface area contributed by atoms with Gasteiger partial charge in [0.2, 0.25) is 0 Å². The van der Waals surface area contributed by atoms with Gasteiger partial charge >= 0.3 is 0 Å². The van der Waals surface area contributed by atoms with Crippen LogP contribution < -0.4 is 4.74 Å². The summed E-state index contributed by atoms with van der Waals surface area (Å²) in [5.41, 5.74) is 0.878. The Morgan fingerprint density at radius 3 is 2.81 bits per heavy atom. The van der Waals surface area contributed by atoms with Crippen LogP contribution in [0.1, 0.15) is 30.4 Å². The van der Waals surface area contributed by atoms with Gasteiger partial charge in [0.1, 0.15) is 18.7 Å².